The largest absolute Gasteiger partial charge is 0.459 e. The van der Waals surface area contributed by atoms with Crippen LogP contribution in [0.1, 0.15) is 43.9 Å². The van der Waals surface area contributed by atoms with Gasteiger partial charge in [0.25, 0.3) is 0 Å². The smallest absolute Gasteiger partial charge is 0.191 e. The van der Waals surface area contributed by atoms with E-state index in [2.05, 4.69) is 15.6 Å². The van der Waals surface area contributed by atoms with Gasteiger partial charge in [-0.25, -0.2) is 4.39 Å². The molecule has 2 aromatic rings. The van der Waals surface area contributed by atoms with Gasteiger partial charge >= 0.3 is 0 Å². The Hall–Kier alpha value is -1.16. The van der Waals surface area contributed by atoms with Crippen LogP contribution in [0, 0.1) is 12.7 Å². The summed E-state index contributed by atoms with van der Waals surface area (Å²) < 4.78 is 31.4. The molecule has 1 aromatic heterocycles. The minimum atomic E-state index is -0.744. The average molecular weight is 521 g/mol. The lowest BCUT2D eigenvalue weighted by atomic mass is 9.95. The van der Waals surface area contributed by atoms with E-state index in [1.54, 1.807) is 13.1 Å². The molecule has 1 aliphatic carbocycles. The van der Waals surface area contributed by atoms with Crippen LogP contribution in [-0.2, 0) is 17.3 Å². The summed E-state index contributed by atoms with van der Waals surface area (Å²) in [5.41, 5.74) is 1.62. The van der Waals surface area contributed by atoms with Crippen LogP contribution in [0.25, 0.3) is 11.0 Å². The molecule has 1 aromatic carbocycles. The SMILES string of the molecule is CCS(=O)C1CCCC(NC(=NC)NCc2oc3ccc(F)cc3c2C)C1.I. The zero-order valence-corrected chi connectivity index (χ0v) is 19.7. The van der Waals surface area contributed by atoms with E-state index in [9.17, 15) is 8.60 Å². The number of guanidine groups is 1. The maximum atomic E-state index is 13.5. The van der Waals surface area contributed by atoms with Crippen LogP contribution in [-0.4, -0.2) is 34.3 Å². The van der Waals surface area contributed by atoms with Gasteiger partial charge in [0, 0.05) is 45.8 Å². The molecule has 1 aliphatic rings. The fourth-order valence-corrected chi connectivity index (χ4v) is 5.06. The topological polar surface area (TPSA) is 66.6 Å². The Morgan fingerprint density at radius 1 is 1.39 bits per heavy atom. The van der Waals surface area contributed by atoms with Crippen molar-refractivity contribution in [1.82, 2.24) is 10.6 Å². The third kappa shape index (κ3) is 5.46. The molecule has 3 unspecified atom stereocenters. The summed E-state index contributed by atoms with van der Waals surface area (Å²) >= 11 is 0. The summed E-state index contributed by atoms with van der Waals surface area (Å²) in [5.74, 6) is 1.93. The number of rotatable bonds is 5. The van der Waals surface area contributed by atoms with Crippen molar-refractivity contribution in [1.29, 1.82) is 0 Å². The first-order chi connectivity index (χ1) is 13.0. The molecule has 0 aliphatic heterocycles. The quantitative estimate of drug-likeness (QED) is 0.351. The van der Waals surface area contributed by atoms with Gasteiger partial charge in [-0.1, -0.05) is 13.3 Å². The van der Waals surface area contributed by atoms with Crippen molar-refractivity contribution in [2.75, 3.05) is 12.8 Å². The highest BCUT2D eigenvalue weighted by Gasteiger charge is 2.26. The van der Waals surface area contributed by atoms with Crippen LogP contribution in [0.2, 0.25) is 0 Å². The molecule has 1 saturated carbocycles. The molecule has 8 heteroatoms. The molecule has 3 rings (SSSR count). The van der Waals surface area contributed by atoms with Crippen molar-refractivity contribution in [3.63, 3.8) is 0 Å². The predicted molar refractivity (Wildman–Crippen MR) is 124 cm³/mol. The lowest BCUT2D eigenvalue weighted by molar-refractivity contribution is 0.412. The van der Waals surface area contributed by atoms with E-state index in [1.807, 2.05) is 13.8 Å². The van der Waals surface area contributed by atoms with Gasteiger partial charge in [-0.3, -0.25) is 9.20 Å². The van der Waals surface area contributed by atoms with Crippen molar-refractivity contribution < 1.29 is 13.0 Å². The minimum absolute atomic E-state index is 0. The highest BCUT2D eigenvalue weighted by Crippen LogP contribution is 2.26. The fraction of sp³-hybridized carbons (Fsp3) is 0.550. The van der Waals surface area contributed by atoms with Gasteiger partial charge in [0.2, 0.25) is 0 Å². The van der Waals surface area contributed by atoms with Gasteiger partial charge in [-0.05, 0) is 44.4 Å². The second-order valence-corrected chi connectivity index (χ2v) is 9.02. The van der Waals surface area contributed by atoms with Crippen LogP contribution in [0.5, 0.6) is 0 Å². The second-order valence-electron chi connectivity index (χ2n) is 7.02. The lowest BCUT2D eigenvalue weighted by Crippen LogP contribution is -2.46. The van der Waals surface area contributed by atoms with E-state index in [0.717, 1.165) is 48.1 Å². The fourth-order valence-electron chi connectivity index (χ4n) is 3.71. The van der Waals surface area contributed by atoms with Gasteiger partial charge in [0.15, 0.2) is 5.96 Å². The third-order valence-electron chi connectivity index (χ3n) is 5.26. The lowest BCUT2D eigenvalue weighted by Gasteiger charge is -2.30. The van der Waals surface area contributed by atoms with Crippen LogP contribution in [0.15, 0.2) is 27.6 Å². The van der Waals surface area contributed by atoms with Crippen molar-refractivity contribution >= 4 is 51.7 Å². The van der Waals surface area contributed by atoms with Crippen LogP contribution in [0.3, 0.4) is 0 Å². The Morgan fingerprint density at radius 3 is 2.89 bits per heavy atom. The summed E-state index contributed by atoms with van der Waals surface area (Å²) in [6.45, 7) is 4.39. The summed E-state index contributed by atoms with van der Waals surface area (Å²) in [6.07, 6.45) is 4.09. The number of aryl methyl sites for hydroxylation is 1. The Labute approximate surface area is 185 Å². The number of halogens is 2. The van der Waals surface area contributed by atoms with Crippen LogP contribution in [0.4, 0.5) is 4.39 Å². The normalized spacial score (nSPS) is 21.2. The molecule has 3 atom stereocenters. The molecular formula is C20H29FIN3O2S. The molecular weight excluding hydrogens is 492 g/mol. The van der Waals surface area contributed by atoms with Gasteiger partial charge in [0.1, 0.15) is 17.2 Å². The van der Waals surface area contributed by atoms with Crippen molar-refractivity contribution in [3.05, 3.63) is 35.3 Å². The Bertz CT molecular complexity index is 855. The van der Waals surface area contributed by atoms with Crippen molar-refractivity contribution in [2.45, 2.75) is 57.4 Å². The number of hydrogen-bond donors (Lipinski definition) is 2. The maximum Gasteiger partial charge on any atom is 0.191 e. The number of nitrogens with zero attached hydrogens (tertiary/aromatic N) is 1. The molecule has 1 fully saturated rings. The molecule has 5 nitrogen and oxygen atoms in total. The first-order valence-corrected chi connectivity index (χ1v) is 10.9. The molecule has 28 heavy (non-hydrogen) atoms. The highest BCUT2D eigenvalue weighted by atomic mass is 127. The molecule has 0 spiro atoms. The molecule has 0 bridgehead atoms. The number of furan rings is 1. The van der Waals surface area contributed by atoms with Crippen molar-refractivity contribution in [3.8, 4) is 0 Å². The van der Waals surface area contributed by atoms with Gasteiger partial charge in [0.05, 0.1) is 6.54 Å². The van der Waals surface area contributed by atoms with Gasteiger partial charge < -0.3 is 15.1 Å². The van der Waals surface area contributed by atoms with E-state index in [4.69, 9.17) is 4.42 Å². The monoisotopic (exact) mass is 521 g/mol. The average Bonchev–Trinajstić information content (AvgIpc) is 3.00. The first kappa shape index (κ1) is 23.1. The molecule has 0 radical (unpaired) electrons. The molecule has 2 N–H and O–H groups in total. The van der Waals surface area contributed by atoms with Gasteiger partial charge in [-0.2, -0.15) is 0 Å². The molecule has 0 amide bonds. The summed E-state index contributed by atoms with van der Waals surface area (Å²) in [5, 5.41) is 7.80. The Morgan fingerprint density at radius 2 is 2.18 bits per heavy atom. The summed E-state index contributed by atoms with van der Waals surface area (Å²) in [7, 11) is 0.992. The van der Waals surface area contributed by atoms with E-state index in [1.165, 1.54) is 12.1 Å². The van der Waals surface area contributed by atoms with E-state index < -0.39 is 10.8 Å². The first-order valence-electron chi connectivity index (χ1n) is 9.53. The van der Waals surface area contributed by atoms with Gasteiger partial charge in [-0.15, -0.1) is 24.0 Å². The zero-order valence-electron chi connectivity index (χ0n) is 16.6. The van der Waals surface area contributed by atoms with Crippen molar-refractivity contribution in [2.24, 2.45) is 4.99 Å². The Kier molecular flexibility index (Phi) is 8.73. The summed E-state index contributed by atoms with van der Waals surface area (Å²) in [6, 6.07) is 4.84. The van der Waals surface area contributed by atoms with E-state index in [0.29, 0.717) is 18.1 Å². The second kappa shape index (κ2) is 10.6. The Balaban J connectivity index is 0.00000280. The maximum absolute atomic E-state index is 13.5. The van der Waals surface area contributed by atoms with Crippen LogP contribution >= 0.6 is 24.0 Å². The number of benzene rings is 1. The number of hydrogen-bond acceptors (Lipinski definition) is 3. The molecule has 1 heterocycles. The van der Waals surface area contributed by atoms with E-state index in [-0.39, 0.29) is 41.1 Å². The predicted octanol–water partition coefficient (Wildman–Crippen LogP) is 4.24. The van der Waals surface area contributed by atoms with E-state index >= 15 is 0 Å². The number of fused-ring (bicyclic) bond motifs is 1. The number of nitrogens with one attached hydrogen (secondary N) is 2. The minimum Gasteiger partial charge on any atom is -0.459 e. The standard InChI is InChI=1S/C20H28FN3O2S.HI/c1-4-27(25)16-7-5-6-15(11-16)24-20(22-3)23-12-19-13(2)17-10-14(21)8-9-18(17)26-19;/h8-10,15-16H,4-7,11-12H2,1-3H3,(H2,22,23,24);1H. The van der Waals surface area contributed by atoms with Crippen LogP contribution < -0.4 is 10.6 Å². The number of aliphatic imine (C=N–C) groups is 1. The highest BCUT2D eigenvalue weighted by molar-refractivity contribution is 14.0. The molecule has 156 valence electrons. The zero-order chi connectivity index (χ0) is 19.4. The summed E-state index contributed by atoms with van der Waals surface area (Å²) in [4.78, 5) is 4.30. The molecule has 0 saturated heterocycles. The third-order valence-corrected chi connectivity index (χ3v) is 7.00.